The van der Waals surface area contributed by atoms with Crippen molar-refractivity contribution in [3.05, 3.63) is 23.3 Å². The molecule has 0 radical (unpaired) electrons. The summed E-state index contributed by atoms with van der Waals surface area (Å²) in [6.45, 7) is 1.11. The highest BCUT2D eigenvalue weighted by atomic mass is 35.5. The van der Waals surface area contributed by atoms with Crippen LogP contribution in [0.25, 0.3) is 0 Å². The third kappa shape index (κ3) is 2.87. The first-order valence-electron chi connectivity index (χ1n) is 4.93. The zero-order valence-electron chi connectivity index (χ0n) is 9.47. The minimum atomic E-state index is -1.47. The van der Waals surface area contributed by atoms with E-state index in [9.17, 15) is 9.59 Å². The average molecular weight is 261 g/mol. The first-order chi connectivity index (χ1) is 7.92. The van der Waals surface area contributed by atoms with Crippen LogP contribution in [-0.4, -0.2) is 36.4 Å². The van der Waals surface area contributed by atoms with Crippen LogP contribution in [0.2, 0.25) is 0 Å². The lowest BCUT2D eigenvalue weighted by molar-refractivity contribution is -0.172. The molecule has 0 saturated heterocycles. The van der Waals surface area contributed by atoms with Crippen LogP contribution in [0.15, 0.2) is 23.3 Å². The number of ether oxygens (including phenoxy) is 2. The molecule has 0 bridgehead atoms. The number of methoxy groups -OCH3 is 1. The van der Waals surface area contributed by atoms with E-state index < -0.39 is 24.1 Å². The van der Waals surface area contributed by atoms with Gasteiger partial charge in [0.1, 0.15) is 6.61 Å². The molecular weight excluding hydrogens is 248 g/mol. The number of carbonyl (C=O) groups excluding carboxylic acids is 1. The van der Waals surface area contributed by atoms with E-state index in [1.165, 1.54) is 13.2 Å². The molecule has 0 spiro atoms. The number of carbonyl (C=O) groups is 2. The van der Waals surface area contributed by atoms with Crippen LogP contribution in [0.4, 0.5) is 0 Å². The van der Waals surface area contributed by atoms with E-state index in [1.54, 1.807) is 19.1 Å². The fourth-order valence-corrected chi connectivity index (χ4v) is 1.82. The molecule has 1 N–H and O–H groups in total. The SMILES string of the molecule is COC(=O)C1(OCC(=O)O)C=C(Cl)C=CC1C. The molecule has 0 heterocycles. The summed E-state index contributed by atoms with van der Waals surface area (Å²) in [4.78, 5) is 22.3. The zero-order chi connectivity index (χ0) is 13.1. The molecule has 0 aliphatic heterocycles. The Morgan fingerprint density at radius 2 is 2.24 bits per heavy atom. The van der Waals surface area contributed by atoms with Gasteiger partial charge < -0.3 is 14.6 Å². The molecule has 2 unspecified atom stereocenters. The van der Waals surface area contributed by atoms with Gasteiger partial charge in [-0.15, -0.1) is 0 Å². The lowest BCUT2D eigenvalue weighted by Crippen LogP contribution is -2.48. The molecule has 0 aromatic heterocycles. The topological polar surface area (TPSA) is 72.8 Å². The lowest BCUT2D eigenvalue weighted by Gasteiger charge is -2.33. The summed E-state index contributed by atoms with van der Waals surface area (Å²) in [6, 6.07) is 0. The monoisotopic (exact) mass is 260 g/mol. The van der Waals surface area contributed by atoms with E-state index in [0.717, 1.165) is 0 Å². The highest BCUT2D eigenvalue weighted by Gasteiger charge is 2.45. The van der Waals surface area contributed by atoms with Crippen LogP contribution in [0.1, 0.15) is 6.92 Å². The number of rotatable bonds is 4. The molecule has 1 aliphatic rings. The Morgan fingerprint density at radius 3 is 2.76 bits per heavy atom. The van der Waals surface area contributed by atoms with Gasteiger partial charge in [0.05, 0.1) is 7.11 Å². The van der Waals surface area contributed by atoms with Gasteiger partial charge >= 0.3 is 11.9 Å². The Morgan fingerprint density at radius 1 is 1.59 bits per heavy atom. The number of esters is 1. The first-order valence-corrected chi connectivity index (χ1v) is 5.31. The molecule has 0 fully saturated rings. The predicted molar refractivity (Wildman–Crippen MR) is 60.6 cm³/mol. The summed E-state index contributed by atoms with van der Waals surface area (Å²) in [5.74, 6) is -2.20. The number of carboxylic acid groups (broad SMARTS) is 1. The van der Waals surface area contributed by atoms with Crippen LogP contribution in [-0.2, 0) is 19.1 Å². The largest absolute Gasteiger partial charge is 0.480 e. The predicted octanol–water partition coefficient (Wildman–Crippen LogP) is 1.33. The van der Waals surface area contributed by atoms with Gasteiger partial charge in [-0.25, -0.2) is 9.59 Å². The van der Waals surface area contributed by atoms with Crippen molar-refractivity contribution < 1.29 is 24.2 Å². The molecule has 0 aromatic rings. The summed E-state index contributed by atoms with van der Waals surface area (Å²) in [7, 11) is 1.21. The molecule has 6 heteroatoms. The van der Waals surface area contributed by atoms with Crippen molar-refractivity contribution in [1.29, 1.82) is 0 Å². The van der Waals surface area contributed by atoms with Crippen molar-refractivity contribution in [2.45, 2.75) is 12.5 Å². The quantitative estimate of drug-likeness (QED) is 0.772. The highest BCUT2D eigenvalue weighted by molar-refractivity contribution is 6.31. The Labute approximate surface area is 104 Å². The number of aliphatic carboxylic acids is 1. The van der Waals surface area contributed by atoms with Crippen molar-refractivity contribution >= 4 is 23.5 Å². The molecule has 0 saturated carbocycles. The number of allylic oxidation sites excluding steroid dienone is 2. The van der Waals surface area contributed by atoms with Gasteiger partial charge in [-0.2, -0.15) is 0 Å². The average Bonchev–Trinajstić information content (AvgIpc) is 2.29. The molecule has 5 nitrogen and oxygen atoms in total. The minimum absolute atomic E-state index is 0.305. The number of hydrogen-bond donors (Lipinski definition) is 1. The molecule has 2 atom stereocenters. The molecule has 17 heavy (non-hydrogen) atoms. The molecule has 1 aliphatic carbocycles. The molecule has 0 aromatic carbocycles. The van der Waals surface area contributed by atoms with E-state index >= 15 is 0 Å². The highest BCUT2D eigenvalue weighted by Crippen LogP contribution is 2.33. The van der Waals surface area contributed by atoms with E-state index in [0.29, 0.717) is 5.03 Å². The van der Waals surface area contributed by atoms with Crippen LogP contribution in [0, 0.1) is 5.92 Å². The standard InChI is InChI=1S/C11H13ClO5/c1-7-3-4-8(12)5-11(7,10(15)16-2)17-6-9(13)14/h3-5,7H,6H2,1-2H3,(H,13,14). The summed E-state index contributed by atoms with van der Waals surface area (Å²) < 4.78 is 9.83. The van der Waals surface area contributed by atoms with Gasteiger partial charge in [0.25, 0.3) is 0 Å². The van der Waals surface area contributed by atoms with Crippen molar-refractivity contribution in [1.82, 2.24) is 0 Å². The van der Waals surface area contributed by atoms with Crippen molar-refractivity contribution in [2.75, 3.05) is 13.7 Å². The lowest BCUT2D eigenvalue weighted by atomic mass is 9.85. The number of hydrogen-bond acceptors (Lipinski definition) is 4. The Kier molecular flexibility index (Phi) is 4.31. The third-order valence-corrected chi connectivity index (χ3v) is 2.75. The van der Waals surface area contributed by atoms with Gasteiger partial charge in [-0.05, 0) is 12.2 Å². The van der Waals surface area contributed by atoms with Gasteiger partial charge in [0, 0.05) is 11.0 Å². The van der Waals surface area contributed by atoms with Crippen LogP contribution in [0.5, 0.6) is 0 Å². The van der Waals surface area contributed by atoms with Crippen LogP contribution in [0.3, 0.4) is 0 Å². The number of carboxylic acids is 1. The van der Waals surface area contributed by atoms with Gasteiger partial charge in [-0.1, -0.05) is 24.6 Å². The third-order valence-electron chi connectivity index (χ3n) is 2.51. The molecule has 94 valence electrons. The smallest absolute Gasteiger partial charge is 0.342 e. The second kappa shape index (κ2) is 5.33. The van der Waals surface area contributed by atoms with Gasteiger partial charge in [-0.3, -0.25) is 0 Å². The fourth-order valence-electron chi connectivity index (χ4n) is 1.58. The summed E-state index contributed by atoms with van der Waals surface area (Å²) in [6.07, 6.45) is 4.66. The fraction of sp³-hybridized carbons (Fsp3) is 0.455. The second-order valence-electron chi connectivity index (χ2n) is 3.64. The number of halogens is 1. The summed E-state index contributed by atoms with van der Waals surface area (Å²) in [5, 5.41) is 8.92. The van der Waals surface area contributed by atoms with Gasteiger partial charge in [0.15, 0.2) is 5.60 Å². The Hall–Kier alpha value is -1.33. The maximum absolute atomic E-state index is 11.8. The van der Waals surface area contributed by atoms with E-state index in [-0.39, 0.29) is 5.92 Å². The van der Waals surface area contributed by atoms with Crippen molar-refractivity contribution in [3.63, 3.8) is 0 Å². The maximum atomic E-state index is 11.8. The normalized spacial score (nSPS) is 27.5. The molecule has 0 amide bonds. The van der Waals surface area contributed by atoms with E-state index in [4.69, 9.17) is 21.4 Å². The van der Waals surface area contributed by atoms with E-state index in [1.807, 2.05) is 0 Å². The Bertz CT molecular complexity index is 387. The van der Waals surface area contributed by atoms with Crippen molar-refractivity contribution in [3.8, 4) is 0 Å². The zero-order valence-corrected chi connectivity index (χ0v) is 10.2. The van der Waals surface area contributed by atoms with Crippen LogP contribution < -0.4 is 0 Å². The van der Waals surface area contributed by atoms with Gasteiger partial charge in [0.2, 0.25) is 0 Å². The van der Waals surface area contributed by atoms with Crippen molar-refractivity contribution in [2.24, 2.45) is 5.92 Å². The Balaban J connectivity index is 3.05. The first kappa shape index (κ1) is 13.7. The minimum Gasteiger partial charge on any atom is -0.480 e. The van der Waals surface area contributed by atoms with E-state index in [2.05, 4.69) is 4.74 Å². The summed E-state index contributed by atoms with van der Waals surface area (Å²) >= 11 is 5.82. The second-order valence-corrected chi connectivity index (χ2v) is 4.08. The maximum Gasteiger partial charge on any atom is 0.342 e. The molecular formula is C11H13ClO5. The van der Waals surface area contributed by atoms with Crippen LogP contribution >= 0.6 is 11.6 Å². The summed E-state index contributed by atoms with van der Waals surface area (Å²) in [5.41, 5.74) is -1.47. The molecule has 1 rings (SSSR count).